The van der Waals surface area contributed by atoms with Gasteiger partial charge in [0, 0.05) is 0 Å². The fourth-order valence-electron chi connectivity index (χ4n) is 2.49. The summed E-state index contributed by atoms with van der Waals surface area (Å²) in [5.74, 6) is 0.602. The van der Waals surface area contributed by atoms with Crippen molar-refractivity contribution < 1.29 is 14.3 Å². The molecule has 1 saturated heterocycles. The molecule has 0 saturated carbocycles. The third-order valence-electron chi connectivity index (χ3n) is 4.08. The molecule has 1 fully saturated rings. The van der Waals surface area contributed by atoms with Gasteiger partial charge in [-0.1, -0.05) is 25.1 Å². The molecule has 2 amide bonds. The van der Waals surface area contributed by atoms with Crippen molar-refractivity contribution in [2.24, 2.45) is 0 Å². The zero-order valence-electron chi connectivity index (χ0n) is 12.8. The molecule has 0 aliphatic carbocycles. The van der Waals surface area contributed by atoms with Gasteiger partial charge in [0.25, 0.3) is 0 Å². The molecule has 1 aliphatic rings. The third-order valence-corrected chi connectivity index (χ3v) is 4.08. The average molecular weight is 290 g/mol. The van der Waals surface area contributed by atoms with Crippen LogP contribution in [-0.2, 0) is 9.59 Å². The quantitative estimate of drug-likeness (QED) is 0.895. The minimum absolute atomic E-state index is 0.0596. The Morgan fingerprint density at radius 3 is 2.57 bits per heavy atom. The standard InChI is InChI=1S/C16H22N2O3/c1-4-16(3)15(20)17-12(2)14(19)18(16)10-11-21-13-8-6-5-7-9-13/h5-9,12H,4,10-11H2,1-3H3,(H,17,20). The van der Waals surface area contributed by atoms with Crippen LogP contribution in [0.4, 0.5) is 0 Å². The minimum Gasteiger partial charge on any atom is -0.492 e. The van der Waals surface area contributed by atoms with Crippen LogP contribution in [-0.4, -0.2) is 41.4 Å². The number of piperazine rings is 1. The molecule has 1 N–H and O–H groups in total. The molecule has 5 nitrogen and oxygen atoms in total. The van der Waals surface area contributed by atoms with E-state index in [0.29, 0.717) is 19.6 Å². The lowest BCUT2D eigenvalue weighted by molar-refractivity contribution is -0.156. The van der Waals surface area contributed by atoms with Gasteiger partial charge in [-0.3, -0.25) is 9.59 Å². The Labute approximate surface area is 125 Å². The van der Waals surface area contributed by atoms with Crippen LogP contribution >= 0.6 is 0 Å². The van der Waals surface area contributed by atoms with Crippen LogP contribution < -0.4 is 10.1 Å². The van der Waals surface area contributed by atoms with E-state index in [0.717, 1.165) is 5.75 Å². The normalized spacial score (nSPS) is 25.7. The maximum Gasteiger partial charge on any atom is 0.246 e. The monoisotopic (exact) mass is 290 g/mol. The lowest BCUT2D eigenvalue weighted by Gasteiger charge is -2.45. The molecular formula is C16H22N2O3. The zero-order valence-corrected chi connectivity index (χ0v) is 12.8. The number of carbonyl (C=O) groups excluding carboxylic acids is 2. The summed E-state index contributed by atoms with van der Waals surface area (Å²) in [4.78, 5) is 26.2. The fourth-order valence-corrected chi connectivity index (χ4v) is 2.49. The summed E-state index contributed by atoms with van der Waals surface area (Å²) < 4.78 is 5.64. The summed E-state index contributed by atoms with van der Waals surface area (Å²) in [5.41, 5.74) is -0.802. The summed E-state index contributed by atoms with van der Waals surface area (Å²) >= 11 is 0. The Morgan fingerprint density at radius 1 is 1.29 bits per heavy atom. The third kappa shape index (κ3) is 3.01. The molecule has 1 heterocycles. The highest BCUT2D eigenvalue weighted by Crippen LogP contribution is 2.24. The van der Waals surface area contributed by atoms with Crippen LogP contribution in [0.3, 0.4) is 0 Å². The molecule has 1 aromatic rings. The van der Waals surface area contributed by atoms with Crippen molar-refractivity contribution in [1.29, 1.82) is 0 Å². The largest absolute Gasteiger partial charge is 0.492 e. The second kappa shape index (κ2) is 6.16. The van der Waals surface area contributed by atoms with Gasteiger partial charge >= 0.3 is 0 Å². The Kier molecular flexibility index (Phi) is 4.50. The second-order valence-electron chi connectivity index (χ2n) is 5.47. The SMILES string of the molecule is CCC1(C)C(=O)NC(C)C(=O)N1CCOc1ccccc1. The molecule has 2 unspecified atom stereocenters. The molecule has 1 aliphatic heterocycles. The molecule has 0 bridgehead atoms. The number of amides is 2. The number of ether oxygens (including phenoxy) is 1. The lowest BCUT2D eigenvalue weighted by atomic mass is 9.91. The van der Waals surface area contributed by atoms with Crippen LogP contribution in [0.2, 0.25) is 0 Å². The van der Waals surface area contributed by atoms with Crippen LogP contribution in [0.15, 0.2) is 30.3 Å². The number of hydrogen-bond acceptors (Lipinski definition) is 3. The van der Waals surface area contributed by atoms with Gasteiger partial charge in [0.1, 0.15) is 23.9 Å². The first kappa shape index (κ1) is 15.4. The van der Waals surface area contributed by atoms with Crippen LogP contribution in [0.5, 0.6) is 5.75 Å². The van der Waals surface area contributed by atoms with E-state index in [1.807, 2.05) is 37.3 Å². The van der Waals surface area contributed by atoms with Gasteiger partial charge in [0.2, 0.25) is 11.8 Å². The van der Waals surface area contributed by atoms with Crippen LogP contribution in [0, 0.1) is 0 Å². The van der Waals surface area contributed by atoms with Gasteiger partial charge in [-0.05, 0) is 32.4 Å². The highest BCUT2D eigenvalue weighted by Gasteiger charge is 2.46. The maximum absolute atomic E-state index is 12.3. The number of carbonyl (C=O) groups is 2. The van der Waals surface area contributed by atoms with E-state index in [2.05, 4.69) is 5.32 Å². The summed E-state index contributed by atoms with van der Waals surface area (Å²) in [7, 11) is 0. The van der Waals surface area contributed by atoms with Crippen molar-refractivity contribution >= 4 is 11.8 Å². The summed E-state index contributed by atoms with van der Waals surface area (Å²) in [6, 6.07) is 8.97. The summed E-state index contributed by atoms with van der Waals surface area (Å²) in [5, 5.41) is 2.74. The number of para-hydroxylation sites is 1. The van der Waals surface area contributed by atoms with E-state index in [1.165, 1.54) is 0 Å². The van der Waals surface area contributed by atoms with Crippen molar-refractivity contribution in [2.75, 3.05) is 13.2 Å². The number of nitrogens with zero attached hydrogens (tertiary/aromatic N) is 1. The van der Waals surface area contributed by atoms with Crippen molar-refractivity contribution in [3.05, 3.63) is 30.3 Å². The minimum atomic E-state index is -0.802. The Balaban J connectivity index is 2.04. The molecule has 0 radical (unpaired) electrons. The van der Waals surface area contributed by atoms with Gasteiger partial charge < -0.3 is 15.0 Å². The Bertz CT molecular complexity index is 518. The molecule has 0 aromatic heterocycles. The van der Waals surface area contributed by atoms with E-state index >= 15 is 0 Å². The van der Waals surface area contributed by atoms with Gasteiger partial charge in [-0.25, -0.2) is 0 Å². The second-order valence-corrected chi connectivity index (χ2v) is 5.47. The van der Waals surface area contributed by atoms with Crippen molar-refractivity contribution in [3.63, 3.8) is 0 Å². The zero-order chi connectivity index (χ0) is 15.5. The van der Waals surface area contributed by atoms with Gasteiger partial charge in [-0.15, -0.1) is 0 Å². The lowest BCUT2D eigenvalue weighted by Crippen LogP contribution is -2.69. The predicted octanol–water partition coefficient (Wildman–Crippen LogP) is 1.58. The number of hydrogen-bond donors (Lipinski definition) is 1. The highest BCUT2D eigenvalue weighted by molar-refractivity contribution is 5.99. The molecule has 2 rings (SSSR count). The van der Waals surface area contributed by atoms with Crippen LogP contribution in [0.1, 0.15) is 27.2 Å². The number of rotatable bonds is 5. The Hall–Kier alpha value is -2.04. The number of nitrogens with one attached hydrogen (secondary N) is 1. The van der Waals surface area contributed by atoms with E-state index < -0.39 is 11.6 Å². The molecule has 21 heavy (non-hydrogen) atoms. The molecule has 1 aromatic carbocycles. The molecule has 0 spiro atoms. The van der Waals surface area contributed by atoms with Crippen molar-refractivity contribution in [2.45, 2.75) is 38.8 Å². The summed E-state index contributed by atoms with van der Waals surface area (Å²) in [6.45, 7) is 6.18. The highest BCUT2D eigenvalue weighted by atomic mass is 16.5. The molecule has 5 heteroatoms. The fraction of sp³-hybridized carbons (Fsp3) is 0.500. The van der Waals surface area contributed by atoms with E-state index in [9.17, 15) is 9.59 Å². The van der Waals surface area contributed by atoms with Gasteiger partial charge in [-0.2, -0.15) is 0 Å². The van der Waals surface area contributed by atoms with Crippen molar-refractivity contribution in [1.82, 2.24) is 10.2 Å². The first-order valence-corrected chi connectivity index (χ1v) is 7.29. The van der Waals surface area contributed by atoms with Gasteiger partial charge in [0.05, 0.1) is 6.54 Å². The van der Waals surface area contributed by atoms with Crippen molar-refractivity contribution in [3.8, 4) is 5.75 Å². The number of benzene rings is 1. The molecule has 2 atom stereocenters. The molecule has 114 valence electrons. The van der Waals surface area contributed by atoms with Gasteiger partial charge in [0.15, 0.2) is 0 Å². The summed E-state index contributed by atoms with van der Waals surface area (Å²) in [6.07, 6.45) is 0.572. The first-order valence-electron chi connectivity index (χ1n) is 7.29. The van der Waals surface area contributed by atoms with E-state index in [4.69, 9.17) is 4.74 Å². The first-order chi connectivity index (χ1) is 9.99. The predicted molar refractivity (Wildman–Crippen MR) is 80.0 cm³/mol. The molecular weight excluding hydrogens is 268 g/mol. The van der Waals surface area contributed by atoms with E-state index in [1.54, 1.807) is 18.7 Å². The van der Waals surface area contributed by atoms with E-state index in [-0.39, 0.29) is 11.8 Å². The smallest absolute Gasteiger partial charge is 0.246 e. The van der Waals surface area contributed by atoms with Crippen LogP contribution in [0.25, 0.3) is 0 Å². The average Bonchev–Trinajstić information content (AvgIpc) is 2.50. The topological polar surface area (TPSA) is 58.6 Å². The Morgan fingerprint density at radius 2 is 1.95 bits per heavy atom. The maximum atomic E-state index is 12.3.